The largest absolute Gasteiger partial charge is 1.00 e. The summed E-state index contributed by atoms with van der Waals surface area (Å²) in [5.41, 5.74) is 1.60. The molecule has 0 spiro atoms. The maximum absolute atomic E-state index is 2.35. The van der Waals surface area contributed by atoms with Crippen molar-refractivity contribution in [3.8, 4) is 0 Å². The minimum atomic E-state index is 0. The second kappa shape index (κ2) is 5.63. The number of hydrogen-bond donors (Lipinski definition) is 1. The highest BCUT2D eigenvalue weighted by atomic mass is 35.5. The molecule has 0 radical (unpaired) electrons. The summed E-state index contributed by atoms with van der Waals surface area (Å²) in [6.07, 6.45) is 4.47. The Morgan fingerprint density at radius 1 is 1.06 bits per heavy atom. The summed E-state index contributed by atoms with van der Waals surface area (Å²) >= 11 is 0. The minimum absolute atomic E-state index is 0. The van der Waals surface area contributed by atoms with E-state index in [9.17, 15) is 0 Å². The van der Waals surface area contributed by atoms with E-state index in [1.54, 1.807) is 10.5 Å². The lowest BCUT2D eigenvalue weighted by molar-refractivity contribution is -0.862. The summed E-state index contributed by atoms with van der Waals surface area (Å²) < 4.78 is 0. The van der Waals surface area contributed by atoms with E-state index in [0.717, 1.165) is 23.7 Å². The highest BCUT2D eigenvalue weighted by Crippen LogP contribution is 2.56. The molecule has 3 rings (SSSR count). The van der Waals surface area contributed by atoms with Gasteiger partial charge in [-0.2, -0.15) is 0 Å². The summed E-state index contributed by atoms with van der Waals surface area (Å²) in [4.78, 5) is 1.61. The van der Waals surface area contributed by atoms with Gasteiger partial charge in [-0.1, -0.05) is 30.3 Å². The third-order valence-electron chi connectivity index (χ3n) is 4.92. The standard InChI is InChI=1S/C16H23N.ClH/c1-17(2)11-15-13-8-9-14(10-13)16(15)12-6-4-3-5-7-12;/h3-7,13-16H,8-11H2,1-2H3;1H/t13-,14+,15-,16+;/m1./s1. The molecule has 1 aromatic carbocycles. The number of nitrogens with one attached hydrogen (secondary N) is 1. The molecule has 2 heteroatoms. The molecular weight excluding hydrogens is 242 g/mol. The Morgan fingerprint density at radius 2 is 1.72 bits per heavy atom. The molecule has 0 unspecified atom stereocenters. The maximum atomic E-state index is 2.35. The zero-order valence-electron chi connectivity index (χ0n) is 11.4. The predicted octanol–water partition coefficient (Wildman–Crippen LogP) is -1.04. The van der Waals surface area contributed by atoms with Crippen LogP contribution in [0.15, 0.2) is 30.3 Å². The van der Waals surface area contributed by atoms with Crippen LogP contribution in [0.1, 0.15) is 30.7 Å². The molecule has 2 fully saturated rings. The first-order valence-electron chi connectivity index (χ1n) is 7.09. The first kappa shape index (κ1) is 13.9. The van der Waals surface area contributed by atoms with Gasteiger partial charge in [-0.15, -0.1) is 0 Å². The van der Waals surface area contributed by atoms with E-state index in [1.165, 1.54) is 25.8 Å². The molecule has 4 atom stereocenters. The summed E-state index contributed by atoms with van der Waals surface area (Å²) in [6.45, 7) is 1.35. The minimum Gasteiger partial charge on any atom is -1.00 e. The molecule has 2 aliphatic rings. The van der Waals surface area contributed by atoms with Crippen molar-refractivity contribution >= 4 is 0 Å². The molecule has 2 bridgehead atoms. The van der Waals surface area contributed by atoms with E-state index in [4.69, 9.17) is 0 Å². The van der Waals surface area contributed by atoms with Crippen LogP contribution in [0.3, 0.4) is 0 Å². The van der Waals surface area contributed by atoms with Crippen LogP contribution in [0.5, 0.6) is 0 Å². The van der Waals surface area contributed by atoms with E-state index >= 15 is 0 Å². The first-order valence-corrected chi connectivity index (χ1v) is 7.09. The molecule has 1 N–H and O–H groups in total. The van der Waals surface area contributed by atoms with Gasteiger partial charge in [0.05, 0.1) is 20.6 Å². The van der Waals surface area contributed by atoms with E-state index in [-0.39, 0.29) is 12.4 Å². The number of fused-ring (bicyclic) bond motifs is 2. The molecular formula is C16H24ClN. The lowest BCUT2D eigenvalue weighted by atomic mass is 9.75. The molecule has 0 aliphatic heterocycles. The quantitative estimate of drug-likeness (QED) is 0.713. The van der Waals surface area contributed by atoms with E-state index in [2.05, 4.69) is 44.4 Å². The molecule has 0 amide bonds. The number of quaternary nitrogens is 1. The van der Waals surface area contributed by atoms with Crippen LogP contribution < -0.4 is 17.3 Å². The Hall–Kier alpha value is -0.530. The van der Waals surface area contributed by atoms with Crippen molar-refractivity contribution in [1.29, 1.82) is 0 Å². The highest BCUT2D eigenvalue weighted by molar-refractivity contribution is 5.24. The van der Waals surface area contributed by atoms with Crippen molar-refractivity contribution in [3.63, 3.8) is 0 Å². The van der Waals surface area contributed by atoms with Crippen LogP contribution >= 0.6 is 0 Å². The van der Waals surface area contributed by atoms with Crippen molar-refractivity contribution in [2.75, 3.05) is 20.6 Å². The maximum Gasteiger partial charge on any atom is 0.0804 e. The van der Waals surface area contributed by atoms with Crippen molar-refractivity contribution in [3.05, 3.63) is 35.9 Å². The van der Waals surface area contributed by atoms with Crippen LogP contribution in [-0.2, 0) is 0 Å². The SMILES string of the molecule is C[NH+](C)C[C@@H]1[C@@H]2CC[C@@H](C2)[C@@H]1c1ccccc1.[Cl-]. The van der Waals surface area contributed by atoms with E-state index < -0.39 is 0 Å². The van der Waals surface area contributed by atoms with Crippen LogP contribution in [-0.4, -0.2) is 20.6 Å². The molecule has 0 saturated heterocycles. The van der Waals surface area contributed by atoms with Crippen molar-refractivity contribution in [1.82, 2.24) is 0 Å². The van der Waals surface area contributed by atoms with E-state index in [1.807, 2.05) is 0 Å². The molecule has 1 nitrogen and oxygen atoms in total. The Labute approximate surface area is 117 Å². The summed E-state index contributed by atoms with van der Waals surface area (Å²) in [7, 11) is 4.60. The van der Waals surface area contributed by atoms with Gasteiger partial charge in [-0.3, -0.25) is 0 Å². The molecule has 18 heavy (non-hydrogen) atoms. The second-order valence-electron chi connectivity index (χ2n) is 6.34. The van der Waals surface area contributed by atoms with Gasteiger partial charge in [0.2, 0.25) is 0 Å². The van der Waals surface area contributed by atoms with Gasteiger partial charge >= 0.3 is 0 Å². The van der Waals surface area contributed by atoms with Crippen molar-refractivity contribution in [2.24, 2.45) is 17.8 Å². The number of benzene rings is 1. The molecule has 2 saturated carbocycles. The molecule has 2 aliphatic carbocycles. The average Bonchev–Trinajstić information content (AvgIpc) is 2.90. The summed E-state index contributed by atoms with van der Waals surface area (Å²) in [5, 5.41) is 0. The lowest BCUT2D eigenvalue weighted by Gasteiger charge is -2.31. The molecule has 0 aromatic heterocycles. The van der Waals surface area contributed by atoms with Gasteiger partial charge in [-0.05, 0) is 42.6 Å². The lowest BCUT2D eigenvalue weighted by Crippen LogP contribution is -3.06. The van der Waals surface area contributed by atoms with Gasteiger partial charge in [0.15, 0.2) is 0 Å². The Balaban J connectivity index is 0.00000120. The molecule has 100 valence electrons. The summed E-state index contributed by atoms with van der Waals surface area (Å²) in [6, 6.07) is 11.3. The van der Waals surface area contributed by atoms with Gasteiger partial charge < -0.3 is 17.3 Å². The van der Waals surface area contributed by atoms with Crippen LogP contribution in [0, 0.1) is 17.8 Å². The van der Waals surface area contributed by atoms with Crippen molar-refractivity contribution in [2.45, 2.75) is 25.2 Å². The fourth-order valence-electron chi connectivity index (χ4n) is 4.37. The number of halogens is 1. The van der Waals surface area contributed by atoms with E-state index in [0.29, 0.717) is 0 Å². The Kier molecular flexibility index (Phi) is 4.34. The zero-order chi connectivity index (χ0) is 11.8. The Morgan fingerprint density at radius 3 is 2.39 bits per heavy atom. The van der Waals surface area contributed by atoms with Gasteiger partial charge in [0, 0.05) is 5.92 Å². The van der Waals surface area contributed by atoms with Gasteiger partial charge in [-0.25, -0.2) is 0 Å². The fourth-order valence-corrected chi connectivity index (χ4v) is 4.37. The van der Waals surface area contributed by atoms with Gasteiger partial charge in [0.1, 0.15) is 0 Å². The second-order valence-corrected chi connectivity index (χ2v) is 6.34. The predicted molar refractivity (Wildman–Crippen MR) is 71.2 cm³/mol. The van der Waals surface area contributed by atoms with Crippen LogP contribution in [0.4, 0.5) is 0 Å². The Bertz CT molecular complexity index is 376. The van der Waals surface area contributed by atoms with Crippen LogP contribution in [0.25, 0.3) is 0 Å². The first-order chi connectivity index (χ1) is 8.25. The topological polar surface area (TPSA) is 4.44 Å². The fraction of sp³-hybridized carbons (Fsp3) is 0.625. The monoisotopic (exact) mass is 265 g/mol. The number of rotatable bonds is 3. The van der Waals surface area contributed by atoms with Gasteiger partial charge in [0.25, 0.3) is 0 Å². The smallest absolute Gasteiger partial charge is 0.0804 e. The van der Waals surface area contributed by atoms with Crippen LogP contribution in [0.2, 0.25) is 0 Å². The number of hydrogen-bond acceptors (Lipinski definition) is 0. The third kappa shape index (κ3) is 2.44. The molecule has 1 aromatic rings. The normalized spacial score (nSPS) is 33.7. The average molecular weight is 266 g/mol. The molecule has 0 heterocycles. The highest BCUT2D eigenvalue weighted by Gasteiger charge is 2.48. The third-order valence-corrected chi connectivity index (χ3v) is 4.92. The summed E-state index contributed by atoms with van der Waals surface area (Å²) in [5.74, 6) is 3.78. The zero-order valence-corrected chi connectivity index (χ0v) is 12.2. The van der Waals surface area contributed by atoms with Crippen molar-refractivity contribution < 1.29 is 17.3 Å².